The Morgan fingerprint density at radius 2 is 1.53 bits per heavy atom. The lowest BCUT2D eigenvalue weighted by atomic mass is 10.1. The zero-order valence-corrected chi connectivity index (χ0v) is 12.8. The SMILES string of the molecule is C[N+](C)(Cc1ccccc1)c1ccc(C=O)cc1.[Br-]. The fraction of sp³-hybridized carbons (Fsp3) is 0.188. The van der Waals surface area contributed by atoms with Gasteiger partial charge in [0.15, 0.2) is 0 Å². The van der Waals surface area contributed by atoms with Crippen LogP contribution >= 0.6 is 0 Å². The molecule has 0 aliphatic rings. The number of carbonyl (C=O) groups is 1. The van der Waals surface area contributed by atoms with E-state index >= 15 is 0 Å². The number of nitrogens with zero attached hydrogens (tertiary/aromatic N) is 1. The molecule has 100 valence electrons. The molecule has 0 bridgehead atoms. The Morgan fingerprint density at radius 1 is 0.947 bits per heavy atom. The van der Waals surface area contributed by atoms with E-state index in [4.69, 9.17) is 0 Å². The highest BCUT2D eigenvalue weighted by Gasteiger charge is 2.19. The number of benzene rings is 2. The Morgan fingerprint density at radius 3 is 2.05 bits per heavy atom. The van der Waals surface area contributed by atoms with Crippen molar-refractivity contribution in [1.29, 1.82) is 0 Å². The van der Waals surface area contributed by atoms with E-state index in [-0.39, 0.29) is 17.0 Å². The van der Waals surface area contributed by atoms with Crippen LogP contribution in [0.25, 0.3) is 0 Å². The number of carbonyl (C=O) groups excluding carboxylic acids is 1. The minimum absolute atomic E-state index is 0. The van der Waals surface area contributed by atoms with Gasteiger partial charge in [0.25, 0.3) is 0 Å². The Balaban J connectivity index is 0.00000180. The molecule has 0 unspecified atom stereocenters. The van der Waals surface area contributed by atoms with E-state index < -0.39 is 0 Å². The molecule has 0 heterocycles. The molecule has 3 heteroatoms. The second-order valence-electron chi connectivity index (χ2n) is 5.04. The van der Waals surface area contributed by atoms with Gasteiger partial charge in [0.05, 0.1) is 14.1 Å². The number of halogens is 1. The first-order valence-electron chi connectivity index (χ1n) is 6.04. The van der Waals surface area contributed by atoms with E-state index in [1.807, 2.05) is 30.3 Å². The lowest BCUT2D eigenvalue weighted by molar-refractivity contribution is -0.0000103. The maximum atomic E-state index is 10.7. The van der Waals surface area contributed by atoms with E-state index in [0.717, 1.165) is 22.9 Å². The molecule has 19 heavy (non-hydrogen) atoms. The van der Waals surface area contributed by atoms with Crippen molar-refractivity contribution in [3.63, 3.8) is 0 Å². The van der Waals surface area contributed by atoms with Crippen molar-refractivity contribution in [3.8, 4) is 0 Å². The molecule has 2 aromatic rings. The first-order valence-corrected chi connectivity index (χ1v) is 6.04. The van der Waals surface area contributed by atoms with Crippen LogP contribution in [0.15, 0.2) is 54.6 Å². The van der Waals surface area contributed by atoms with Crippen molar-refractivity contribution >= 4 is 12.0 Å². The zero-order valence-electron chi connectivity index (χ0n) is 11.2. The van der Waals surface area contributed by atoms with Gasteiger partial charge in [-0.3, -0.25) is 9.28 Å². The third-order valence-corrected chi connectivity index (χ3v) is 3.15. The van der Waals surface area contributed by atoms with Crippen LogP contribution in [0.4, 0.5) is 5.69 Å². The Labute approximate surface area is 125 Å². The predicted octanol–water partition coefficient (Wildman–Crippen LogP) is 0.270. The van der Waals surface area contributed by atoms with Crippen LogP contribution in [0, 0.1) is 0 Å². The van der Waals surface area contributed by atoms with Gasteiger partial charge in [-0.2, -0.15) is 0 Å². The fourth-order valence-electron chi connectivity index (χ4n) is 2.09. The lowest BCUT2D eigenvalue weighted by Crippen LogP contribution is -3.00. The summed E-state index contributed by atoms with van der Waals surface area (Å²) in [6, 6.07) is 18.2. The summed E-state index contributed by atoms with van der Waals surface area (Å²) in [5.41, 5.74) is 3.23. The van der Waals surface area contributed by atoms with E-state index in [9.17, 15) is 4.79 Å². The zero-order chi connectivity index (χ0) is 13.0. The molecule has 0 N–H and O–H groups in total. The van der Waals surface area contributed by atoms with Gasteiger partial charge in [0.1, 0.15) is 18.5 Å². The summed E-state index contributed by atoms with van der Waals surface area (Å²) in [5, 5.41) is 0. The molecule has 2 nitrogen and oxygen atoms in total. The summed E-state index contributed by atoms with van der Waals surface area (Å²) in [4.78, 5) is 10.7. The molecule has 0 spiro atoms. The maximum Gasteiger partial charge on any atom is 0.150 e. The van der Waals surface area contributed by atoms with Gasteiger partial charge < -0.3 is 17.0 Å². The summed E-state index contributed by atoms with van der Waals surface area (Å²) in [7, 11) is 4.34. The Hall–Kier alpha value is -1.45. The van der Waals surface area contributed by atoms with Crippen molar-refractivity contribution < 1.29 is 21.8 Å². The Bertz CT molecular complexity index is 520. The molecule has 0 aliphatic carbocycles. The molecule has 0 radical (unpaired) electrons. The lowest BCUT2D eigenvalue weighted by Gasteiger charge is -2.29. The van der Waals surface area contributed by atoms with Gasteiger partial charge in [0, 0.05) is 11.1 Å². The smallest absolute Gasteiger partial charge is 0.150 e. The van der Waals surface area contributed by atoms with Crippen LogP contribution in [-0.4, -0.2) is 20.4 Å². The predicted molar refractivity (Wildman–Crippen MR) is 75.6 cm³/mol. The molecule has 0 aliphatic heterocycles. The third kappa shape index (κ3) is 4.01. The fourth-order valence-corrected chi connectivity index (χ4v) is 2.09. The van der Waals surface area contributed by atoms with Gasteiger partial charge in [-0.05, 0) is 24.3 Å². The third-order valence-electron chi connectivity index (χ3n) is 3.15. The summed E-state index contributed by atoms with van der Waals surface area (Å²) in [6.45, 7) is 0.932. The highest BCUT2D eigenvalue weighted by Crippen LogP contribution is 2.22. The monoisotopic (exact) mass is 319 g/mol. The van der Waals surface area contributed by atoms with Gasteiger partial charge in [0.2, 0.25) is 0 Å². The second-order valence-corrected chi connectivity index (χ2v) is 5.04. The van der Waals surface area contributed by atoms with Crippen LogP contribution in [0.2, 0.25) is 0 Å². The van der Waals surface area contributed by atoms with E-state index in [1.165, 1.54) is 11.3 Å². The number of hydrogen-bond acceptors (Lipinski definition) is 1. The molecule has 0 fully saturated rings. The maximum absolute atomic E-state index is 10.7. The number of quaternary nitrogens is 1. The van der Waals surface area contributed by atoms with Crippen LogP contribution in [-0.2, 0) is 6.54 Å². The topological polar surface area (TPSA) is 17.1 Å². The number of rotatable bonds is 4. The van der Waals surface area contributed by atoms with Crippen molar-refractivity contribution in [2.75, 3.05) is 14.1 Å². The first kappa shape index (κ1) is 15.6. The quantitative estimate of drug-likeness (QED) is 0.584. The Kier molecular flexibility index (Phi) is 5.45. The highest BCUT2D eigenvalue weighted by atomic mass is 79.9. The van der Waals surface area contributed by atoms with Crippen molar-refractivity contribution in [2.24, 2.45) is 0 Å². The van der Waals surface area contributed by atoms with Crippen LogP contribution in [0.3, 0.4) is 0 Å². The molecular formula is C16H18BrNO. The number of hydrogen-bond donors (Lipinski definition) is 0. The van der Waals surface area contributed by atoms with Crippen LogP contribution in [0.1, 0.15) is 15.9 Å². The summed E-state index contributed by atoms with van der Waals surface area (Å²) >= 11 is 0. The molecule has 0 saturated heterocycles. The minimum atomic E-state index is 0. The van der Waals surface area contributed by atoms with Gasteiger partial charge in [-0.1, -0.05) is 30.3 Å². The average Bonchev–Trinajstić information content (AvgIpc) is 2.39. The van der Waals surface area contributed by atoms with Gasteiger partial charge in [-0.15, -0.1) is 0 Å². The van der Waals surface area contributed by atoms with Gasteiger partial charge >= 0.3 is 0 Å². The summed E-state index contributed by atoms with van der Waals surface area (Å²) < 4.78 is 0.767. The minimum Gasteiger partial charge on any atom is -1.00 e. The van der Waals surface area contributed by atoms with E-state index in [2.05, 4.69) is 38.4 Å². The number of aldehydes is 1. The van der Waals surface area contributed by atoms with E-state index in [0.29, 0.717) is 0 Å². The van der Waals surface area contributed by atoms with E-state index in [1.54, 1.807) is 0 Å². The molecule has 0 saturated carbocycles. The largest absolute Gasteiger partial charge is 1.00 e. The first-order chi connectivity index (χ1) is 8.62. The molecule has 2 aromatic carbocycles. The highest BCUT2D eigenvalue weighted by molar-refractivity contribution is 5.75. The molecule has 2 rings (SSSR count). The summed E-state index contributed by atoms with van der Waals surface area (Å²) in [6.07, 6.45) is 0.876. The average molecular weight is 320 g/mol. The normalized spacial score (nSPS) is 10.6. The molecular weight excluding hydrogens is 302 g/mol. The molecule has 0 aromatic heterocycles. The standard InChI is InChI=1S/C16H18NO.BrH/c1-17(2,12-14-6-4-3-5-7-14)16-10-8-15(13-18)9-11-16;/h3-11,13H,12H2,1-2H3;1H/q+1;/p-1. The molecule has 0 amide bonds. The molecule has 0 atom stereocenters. The summed E-state index contributed by atoms with van der Waals surface area (Å²) in [5.74, 6) is 0. The van der Waals surface area contributed by atoms with Crippen molar-refractivity contribution in [3.05, 3.63) is 65.7 Å². The second kappa shape index (κ2) is 6.64. The van der Waals surface area contributed by atoms with Crippen molar-refractivity contribution in [2.45, 2.75) is 6.54 Å². The van der Waals surface area contributed by atoms with Crippen molar-refractivity contribution in [1.82, 2.24) is 4.48 Å². The van der Waals surface area contributed by atoms with Gasteiger partial charge in [-0.25, -0.2) is 0 Å². The van der Waals surface area contributed by atoms with Crippen LogP contribution < -0.4 is 21.5 Å². The van der Waals surface area contributed by atoms with Crippen LogP contribution in [0.5, 0.6) is 0 Å².